The lowest BCUT2D eigenvalue weighted by atomic mass is 10.1. The number of hydrogen-bond donors (Lipinski definition) is 1. The van der Waals surface area contributed by atoms with E-state index in [-0.39, 0.29) is 0 Å². The number of benzene rings is 1. The molecule has 19 heavy (non-hydrogen) atoms. The number of aromatic nitrogens is 1. The minimum absolute atomic E-state index is 0.588. The second kappa shape index (κ2) is 5.87. The number of ether oxygens (including phenoxy) is 1. The molecule has 0 unspecified atom stereocenters. The van der Waals surface area contributed by atoms with E-state index in [4.69, 9.17) is 10.00 Å². The first kappa shape index (κ1) is 12.9. The normalized spacial score (nSPS) is 9.74. The number of aryl methyl sites for hydroxylation is 1. The van der Waals surface area contributed by atoms with Gasteiger partial charge in [-0.05, 0) is 36.2 Å². The van der Waals surface area contributed by atoms with Crippen molar-refractivity contribution in [1.82, 2.24) is 4.98 Å². The third-order valence-corrected chi connectivity index (χ3v) is 2.87. The predicted molar refractivity (Wildman–Crippen MR) is 74.0 cm³/mol. The molecule has 4 nitrogen and oxygen atoms in total. The number of nitriles is 1. The van der Waals surface area contributed by atoms with Gasteiger partial charge in [-0.3, -0.25) is 0 Å². The molecule has 0 radical (unpaired) electrons. The van der Waals surface area contributed by atoms with Crippen molar-refractivity contribution in [2.75, 3.05) is 12.4 Å². The molecule has 0 spiro atoms. The van der Waals surface area contributed by atoms with Crippen LogP contribution >= 0.6 is 0 Å². The third-order valence-electron chi connectivity index (χ3n) is 2.87. The Bertz CT molecular complexity index is 617. The van der Waals surface area contributed by atoms with E-state index in [0.29, 0.717) is 17.9 Å². The highest BCUT2D eigenvalue weighted by molar-refractivity contribution is 5.55. The van der Waals surface area contributed by atoms with Crippen LogP contribution in [0.2, 0.25) is 0 Å². The van der Waals surface area contributed by atoms with Crippen molar-refractivity contribution in [3.05, 3.63) is 53.2 Å². The molecule has 0 fully saturated rings. The van der Waals surface area contributed by atoms with E-state index in [2.05, 4.69) is 16.4 Å². The zero-order valence-electron chi connectivity index (χ0n) is 11.0. The fourth-order valence-electron chi connectivity index (χ4n) is 1.80. The summed E-state index contributed by atoms with van der Waals surface area (Å²) in [7, 11) is 1.64. The van der Waals surface area contributed by atoms with Crippen LogP contribution < -0.4 is 10.1 Å². The molecule has 1 aromatic carbocycles. The summed E-state index contributed by atoms with van der Waals surface area (Å²) < 4.78 is 5.18. The van der Waals surface area contributed by atoms with Gasteiger partial charge >= 0.3 is 0 Å². The van der Waals surface area contributed by atoms with Crippen molar-refractivity contribution < 1.29 is 4.74 Å². The van der Waals surface area contributed by atoms with Crippen molar-refractivity contribution in [3.8, 4) is 11.8 Å². The van der Waals surface area contributed by atoms with Crippen molar-refractivity contribution in [3.63, 3.8) is 0 Å². The Labute approximate surface area is 112 Å². The Morgan fingerprint density at radius 2 is 2.21 bits per heavy atom. The SMILES string of the molecule is COc1cccc(CNc2nccc(C)c2C#N)c1. The van der Waals surface area contributed by atoms with E-state index < -0.39 is 0 Å². The summed E-state index contributed by atoms with van der Waals surface area (Å²) in [4.78, 5) is 4.20. The highest BCUT2D eigenvalue weighted by Gasteiger charge is 2.06. The van der Waals surface area contributed by atoms with Crippen LogP contribution in [-0.2, 0) is 6.54 Å². The fourth-order valence-corrected chi connectivity index (χ4v) is 1.80. The van der Waals surface area contributed by atoms with Crippen LogP contribution in [0.4, 0.5) is 5.82 Å². The number of rotatable bonds is 4. The quantitative estimate of drug-likeness (QED) is 0.910. The highest BCUT2D eigenvalue weighted by Crippen LogP contribution is 2.17. The first-order valence-corrected chi connectivity index (χ1v) is 5.97. The van der Waals surface area contributed by atoms with Crippen molar-refractivity contribution >= 4 is 5.82 Å². The number of pyridine rings is 1. The van der Waals surface area contributed by atoms with Gasteiger partial charge in [-0.25, -0.2) is 4.98 Å². The van der Waals surface area contributed by atoms with Gasteiger partial charge in [0.15, 0.2) is 0 Å². The number of nitrogens with one attached hydrogen (secondary N) is 1. The lowest BCUT2D eigenvalue weighted by Gasteiger charge is -2.09. The Morgan fingerprint density at radius 3 is 2.95 bits per heavy atom. The van der Waals surface area contributed by atoms with Crippen LogP contribution in [0.5, 0.6) is 5.75 Å². The molecule has 1 N–H and O–H groups in total. The van der Waals surface area contributed by atoms with Crippen molar-refractivity contribution in [2.45, 2.75) is 13.5 Å². The van der Waals surface area contributed by atoms with Gasteiger partial charge in [-0.15, -0.1) is 0 Å². The standard InChI is InChI=1S/C15H15N3O/c1-11-6-7-17-15(14(11)9-16)18-10-12-4-3-5-13(8-12)19-2/h3-8H,10H2,1-2H3,(H,17,18). The maximum absolute atomic E-state index is 9.13. The Kier molecular flexibility index (Phi) is 3.99. The minimum Gasteiger partial charge on any atom is -0.497 e. The van der Waals surface area contributed by atoms with Crippen LogP contribution in [0.1, 0.15) is 16.7 Å². The van der Waals surface area contributed by atoms with Crippen LogP contribution in [0.3, 0.4) is 0 Å². The van der Waals surface area contributed by atoms with E-state index in [1.165, 1.54) is 0 Å². The van der Waals surface area contributed by atoms with E-state index in [1.54, 1.807) is 13.3 Å². The molecule has 0 aliphatic rings. The number of methoxy groups -OCH3 is 1. The summed E-state index contributed by atoms with van der Waals surface area (Å²) in [5.74, 6) is 1.43. The van der Waals surface area contributed by atoms with Gasteiger partial charge < -0.3 is 10.1 Å². The molecule has 0 saturated heterocycles. The lowest BCUT2D eigenvalue weighted by molar-refractivity contribution is 0.414. The molecule has 2 aromatic rings. The molecule has 0 saturated carbocycles. The summed E-state index contributed by atoms with van der Waals surface area (Å²) in [6.45, 7) is 2.50. The molecule has 0 aliphatic heterocycles. The summed E-state index contributed by atoms with van der Waals surface area (Å²) in [5, 5.41) is 12.3. The van der Waals surface area contributed by atoms with E-state index in [9.17, 15) is 0 Å². The maximum Gasteiger partial charge on any atom is 0.144 e. The second-order valence-corrected chi connectivity index (χ2v) is 4.17. The summed E-state index contributed by atoms with van der Waals surface area (Å²) in [6.07, 6.45) is 1.70. The average Bonchev–Trinajstić information content (AvgIpc) is 2.45. The van der Waals surface area contributed by atoms with Crippen molar-refractivity contribution in [2.24, 2.45) is 0 Å². The Hall–Kier alpha value is -2.54. The van der Waals surface area contributed by atoms with Gasteiger partial charge in [-0.2, -0.15) is 5.26 Å². The summed E-state index contributed by atoms with van der Waals surface area (Å²) >= 11 is 0. The van der Waals surface area contributed by atoms with E-state index >= 15 is 0 Å². The monoisotopic (exact) mass is 253 g/mol. The van der Waals surface area contributed by atoms with E-state index in [0.717, 1.165) is 16.9 Å². The minimum atomic E-state index is 0.588. The summed E-state index contributed by atoms with van der Waals surface area (Å²) in [5.41, 5.74) is 2.59. The molecule has 0 aliphatic carbocycles. The van der Waals surface area contributed by atoms with Crippen LogP contribution in [0, 0.1) is 18.3 Å². The molecule has 2 rings (SSSR count). The molecule has 0 amide bonds. The second-order valence-electron chi connectivity index (χ2n) is 4.17. The number of anilines is 1. The molecule has 1 heterocycles. The average molecular weight is 253 g/mol. The van der Waals surface area contributed by atoms with Gasteiger partial charge in [0.1, 0.15) is 17.6 Å². The zero-order valence-corrected chi connectivity index (χ0v) is 11.0. The van der Waals surface area contributed by atoms with E-state index in [1.807, 2.05) is 37.3 Å². The number of nitrogens with zero attached hydrogens (tertiary/aromatic N) is 2. The molecular weight excluding hydrogens is 238 g/mol. The molecule has 0 atom stereocenters. The van der Waals surface area contributed by atoms with Crippen LogP contribution in [0.25, 0.3) is 0 Å². The largest absolute Gasteiger partial charge is 0.497 e. The highest BCUT2D eigenvalue weighted by atomic mass is 16.5. The summed E-state index contributed by atoms with van der Waals surface area (Å²) in [6, 6.07) is 11.8. The first-order valence-electron chi connectivity index (χ1n) is 5.97. The molecule has 4 heteroatoms. The predicted octanol–water partition coefficient (Wildman–Crippen LogP) is 2.88. The topological polar surface area (TPSA) is 57.9 Å². The van der Waals surface area contributed by atoms with Crippen LogP contribution in [-0.4, -0.2) is 12.1 Å². The van der Waals surface area contributed by atoms with Crippen LogP contribution in [0.15, 0.2) is 36.5 Å². The Balaban J connectivity index is 2.15. The molecular formula is C15H15N3O. The number of hydrogen-bond acceptors (Lipinski definition) is 4. The molecule has 0 bridgehead atoms. The van der Waals surface area contributed by atoms with Gasteiger partial charge in [0.25, 0.3) is 0 Å². The van der Waals surface area contributed by atoms with Gasteiger partial charge in [0.2, 0.25) is 0 Å². The van der Waals surface area contributed by atoms with Gasteiger partial charge in [0, 0.05) is 12.7 Å². The maximum atomic E-state index is 9.13. The zero-order chi connectivity index (χ0) is 13.7. The van der Waals surface area contributed by atoms with Crippen molar-refractivity contribution in [1.29, 1.82) is 5.26 Å². The smallest absolute Gasteiger partial charge is 0.144 e. The fraction of sp³-hybridized carbons (Fsp3) is 0.200. The first-order chi connectivity index (χ1) is 9.24. The molecule has 96 valence electrons. The third kappa shape index (κ3) is 3.02. The van der Waals surface area contributed by atoms with Gasteiger partial charge in [0.05, 0.1) is 12.7 Å². The molecule has 1 aromatic heterocycles. The Morgan fingerprint density at radius 1 is 1.37 bits per heavy atom. The lowest BCUT2D eigenvalue weighted by Crippen LogP contribution is -2.04. The van der Waals surface area contributed by atoms with Gasteiger partial charge in [-0.1, -0.05) is 12.1 Å².